The van der Waals surface area contributed by atoms with Crippen LogP contribution in [0.4, 0.5) is 17.1 Å². The van der Waals surface area contributed by atoms with Gasteiger partial charge in [0.15, 0.2) is 0 Å². The molecule has 0 radical (unpaired) electrons. The first-order valence-corrected chi connectivity index (χ1v) is 18.6. The Morgan fingerprint density at radius 3 is 1.92 bits per heavy atom. The zero-order valence-corrected chi connectivity index (χ0v) is 27.9. The molecule has 11 rings (SSSR count). The Morgan fingerprint density at radius 2 is 1.10 bits per heavy atom. The minimum atomic E-state index is -0.763. The number of anilines is 3. The summed E-state index contributed by atoms with van der Waals surface area (Å²) in [6.07, 6.45) is 0. The molecule has 1 aliphatic heterocycles. The molecular weight excluding hydrogens is 702 g/mol. The number of fused-ring (bicyclic) bond motifs is 14. The van der Waals surface area contributed by atoms with Gasteiger partial charge in [-0.25, -0.2) is 0 Å². The second-order valence-corrected chi connectivity index (χ2v) is 15.8. The van der Waals surface area contributed by atoms with E-state index >= 15 is 0 Å². The van der Waals surface area contributed by atoms with Crippen molar-refractivity contribution < 1.29 is 4.42 Å². The van der Waals surface area contributed by atoms with Crippen LogP contribution in [0.25, 0.3) is 50.6 Å². The zero-order valence-electron chi connectivity index (χ0n) is 25.6. The van der Waals surface area contributed by atoms with Crippen molar-refractivity contribution in [3.05, 3.63) is 184 Å². The third-order valence-corrected chi connectivity index (χ3v) is 13.7. The second-order valence-electron chi connectivity index (χ2n) is 12.7. The van der Waals surface area contributed by atoms with Gasteiger partial charge >= 0.3 is 281 Å². The van der Waals surface area contributed by atoms with E-state index in [2.05, 4.69) is 132 Å². The molecule has 4 heteroatoms. The van der Waals surface area contributed by atoms with Gasteiger partial charge in [-0.3, -0.25) is 0 Å². The molecule has 1 aliphatic carbocycles. The maximum atomic E-state index is 14.0. The monoisotopic (exact) mass is 729 g/mol. The molecule has 3 heterocycles. The Labute approximate surface area is 285 Å². The van der Waals surface area contributed by atoms with E-state index < -0.39 is 25.8 Å². The Bertz CT molecular complexity index is 2850. The number of rotatable bonds is 1. The second kappa shape index (κ2) is 9.58. The van der Waals surface area contributed by atoms with E-state index in [1.54, 1.807) is 0 Å². The summed E-state index contributed by atoms with van der Waals surface area (Å²) in [6.45, 7) is 0. The molecule has 9 aromatic rings. The van der Waals surface area contributed by atoms with Crippen LogP contribution in [0.1, 0.15) is 22.3 Å². The van der Waals surface area contributed by atoms with Gasteiger partial charge in [0, 0.05) is 0 Å². The Hall–Kier alpha value is -5.40. The van der Waals surface area contributed by atoms with Gasteiger partial charge in [0.1, 0.15) is 0 Å². The van der Waals surface area contributed by atoms with Crippen LogP contribution < -0.4 is 10.3 Å². The van der Waals surface area contributed by atoms with Crippen molar-refractivity contribution in [1.82, 2.24) is 0 Å². The summed E-state index contributed by atoms with van der Waals surface area (Å²) in [5, 5.41) is 3.96. The van der Waals surface area contributed by atoms with Crippen molar-refractivity contribution in [2.24, 2.45) is 0 Å². The van der Waals surface area contributed by atoms with Crippen molar-refractivity contribution in [2.75, 3.05) is 4.90 Å². The molecular formula is C44H25NO2Te. The van der Waals surface area contributed by atoms with Crippen molar-refractivity contribution in [3.8, 4) is 11.1 Å². The molecule has 0 fully saturated rings. The SMILES string of the molecule is O=c1c2ccccc2[te]c2cc3c(cc12)-c1ccccc1C31c2ccccc2N(c2cccc3oc4ccccc4c23)c2ccccc21. The molecule has 2 aromatic heterocycles. The van der Waals surface area contributed by atoms with Crippen LogP contribution in [0, 0.1) is 0 Å². The Kier molecular flexibility index (Phi) is 5.32. The summed E-state index contributed by atoms with van der Waals surface area (Å²) < 4.78 is 8.83. The van der Waals surface area contributed by atoms with Crippen LogP contribution in [-0.2, 0) is 5.41 Å². The fourth-order valence-corrected chi connectivity index (χ4v) is 11.7. The number of furan rings is 1. The van der Waals surface area contributed by atoms with Crippen molar-refractivity contribution in [3.63, 3.8) is 0 Å². The van der Waals surface area contributed by atoms with Gasteiger partial charge < -0.3 is 0 Å². The van der Waals surface area contributed by atoms with E-state index in [1.165, 1.54) is 34.6 Å². The number of hydrogen-bond donors (Lipinski definition) is 0. The topological polar surface area (TPSA) is 33.5 Å². The van der Waals surface area contributed by atoms with E-state index in [0.29, 0.717) is 0 Å². The fourth-order valence-electron chi connectivity index (χ4n) is 8.60. The number of hydrogen-bond acceptors (Lipinski definition) is 3. The first kappa shape index (κ1) is 26.6. The molecule has 0 bridgehead atoms. The van der Waals surface area contributed by atoms with Crippen molar-refractivity contribution in [2.45, 2.75) is 5.41 Å². The van der Waals surface area contributed by atoms with Gasteiger partial charge in [-0.1, -0.05) is 6.07 Å². The molecule has 0 unspecified atom stereocenters. The van der Waals surface area contributed by atoms with Crippen molar-refractivity contribution in [1.29, 1.82) is 0 Å². The van der Waals surface area contributed by atoms with Gasteiger partial charge in [0.05, 0.1) is 0 Å². The van der Waals surface area contributed by atoms with Crippen LogP contribution in [0.15, 0.2) is 161 Å². The molecule has 2 aliphatic rings. The van der Waals surface area contributed by atoms with E-state index in [4.69, 9.17) is 4.42 Å². The molecule has 0 amide bonds. The number of nitrogens with zero attached hydrogens (tertiary/aromatic N) is 1. The summed E-state index contributed by atoms with van der Waals surface area (Å²) >= 11 is -0.763. The third-order valence-electron chi connectivity index (χ3n) is 10.5. The van der Waals surface area contributed by atoms with Gasteiger partial charge in [0.2, 0.25) is 0 Å². The summed E-state index contributed by atoms with van der Waals surface area (Å²) in [7, 11) is 0. The average Bonchev–Trinajstić information content (AvgIpc) is 3.66. The van der Waals surface area contributed by atoms with Gasteiger partial charge in [-0.2, -0.15) is 0 Å². The van der Waals surface area contributed by atoms with E-state index in [0.717, 1.165) is 55.3 Å². The van der Waals surface area contributed by atoms with Crippen LogP contribution in [0.5, 0.6) is 0 Å². The van der Waals surface area contributed by atoms with Crippen molar-refractivity contribution >= 4 is 77.0 Å². The zero-order chi connectivity index (χ0) is 31.6. The summed E-state index contributed by atoms with van der Waals surface area (Å²) in [5.41, 5.74) is 12.1. The summed E-state index contributed by atoms with van der Waals surface area (Å²) in [4.78, 5) is 16.4. The first-order valence-electron chi connectivity index (χ1n) is 16.2. The summed E-state index contributed by atoms with van der Waals surface area (Å²) in [5.74, 6) is 0. The minimum absolute atomic E-state index is 0.147. The number of para-hydroxylation sites is 3. The molecule has 7 aromatic carbocycles. The Morgan fingerprint density at radius 1 is 0.479 bits per heavy atom. The van der Waals surface area contributed by atoms with Crippen LogP contribution in [-0.4, -0.2) is 20.4 Å². The van der Waals surface area contributed by atoms with Gasteiger partial charge in [-0.05, 0) is 0 Å². The maximum absolute atomic E-state index is 14.0. The predicted molar refractivity (Wildman–Crippen MR) is 197 cm³/mol. The number of benzene rings is 7. The molecule has 48 heavy (non-hydrogen) atoms. The Balaban J connectivity index is 1.29. The quantitative estimate of drug-likeness (QED) is 0.125. The molecule has 0 saturated heterocycles. The van der Waals surface area contributed by atoms with Gasteiger partial charge in [0.25, 0.3) is 0 Å². The average molecular weight is 727 g/mol. The van der Waals surface area contributed by atoms with Crippen LogP contribution >= 0.6 is 0 Å². The molecule has 1 spiro atoms. The molecule has 224 valence electrons. The van der Waals surface area contributed by atoms with Crippen LogP contribution in [0.3, 0.4) is 0 Å². The molecule has 0 saturated carbocycles. The van der Waals surface area contributed by atoms with Crippen LogP contribution in [0.2, 0.25) is 0 Å². The van der Waals surface area contributed by atoms with E-state index in [1.807, 2.05) is 24.3 Å². The first-order chi connectivity index (χ1) is 23.7. The van der Waals surface area contributed by atoms with E-state index in [-0.39, 0.29) is 5.43 Å². The summed E-state index contributed by atoms with van der Waals surface area (Å²) in [6, 6.07) is 54.2. The fraction of sp³-hybridized carbons (Fsp3) is 0.0227. The normalized spacial score (nSPS) is 14.0. The molecule has 0 atom stereocenters. The third kappa shape index (κ3) is 3.27. The van der Waals surface area contributed by atoms with Gasteiger partial charge in [-0.15, -0.1) is 0 Å². The standard InChI is InChI=1S/C44H25NO2Te/c46-43-28-14-3-10-23-40(28)48-41-25-34-29(24-30(41)43)26-12-1-4-15-31(26)44(34)32-16-5-7-18-35(32)45(36-19-8-6-17-33(36)44)37-20-11-22-39-42(37)27-13-2-9-21-38(27)47-39/h1-25H. The van der Waals surface area contributed by atoms with E-state index in [9.17, 15) is 4.79 Å². The molecule has 3 nitrogen and oxygen atoms in total. The molecule has 0 N–H and O–H groups in total. The predicted octanol–water partition coefficient (Wildman–Crippen LogP) is 10.5.